The number of phenolic OH excluding ortho intramolecular Hbond substituents is 1. The fourth-order valence-corrected chi connectivity index (χ4v) is 15.6. The van der Waals surface area contributed by atoms with Crippen molar-refractivity contribution in [2.45, 2.75) is 183 Å². The van der Waals surface area contributed by atoms with Crippen molar-refractivity contribution in [3.63, 3.8) is 0 Å². The van der Waals surface area contributed by atoms with Gasteiger partial charge in [0, 0.05) is 59.5 Å². The maximum atomic E-state index is 15.0. The molecule has 506 valence electrons. The Bertz CT molecular complexity index is 3510. The first-order valence-corrected chi connectivity index (χ1v) is 34.1. The fourth-order valence-electron chi connectivity index (χ4n) is 15.6. The molecule has 4 fully saturated rings. The van der Waals surface area contributed by atoms with Gasteiger partial charge in [-0.2, -0.15) is 0 Å². The van der Waals surface area contributed by atoms with Crippen LogP contribution in [0.2, 0.25) is 0 Å². The van der Waals surface area contributed by atoms with Gasteiger partial charge in [0.1, 0.15) is 30.5 Å². The van der Waals surface area contributed by atoms with Crippen LogP contribution in [0.1, 0.15) is 212 Å². The molecule has 9 N–H and O–H groups in total. The topological polar surface area (TPSA) is 271 Å². The molecule has 16 unspecified atom stereocenters. The molecule has 14 bridgehead atoms. The minimum atomic E-state index is -0.583. The summed E-state index contributed by atoms with van der Waals surface area (Å²) in [5.74, 6) is -4.25. The van der Waals surface area contributed by atoms with E-state index in [0.29, 0.717) is 84.7 Å². The highest BCUT2D eigenvalue weighted by Crippen LogP contribution is 2.38. The average molecular weight is 1300 g/mol. The molecule has 16 atom stereocenters. The Balaban J connectivity index is 1.06. The summed E-state index contributed by atoms with van der Waals surface area (Å²) in [5.41, 5.74) is 3.58. The molecule has 0 saturated heterocycles. The van der Waals surface area contributed by atoms with Crippen LogP contribution in [0.15, 0.2) is 91.1 Å². The summed E-state index contributed by atoms with van der Waals surface area (Å²) in [6.45, 7) is 23.5. The Hall–Kier alpha value is -8.74. The number of ether oxygens (including phenoxy) is 2. The molecule has 4 saturated carbocycles. The Morgan fingerprint density at radius 1 is 0.295 bits per heavy atom. The van der Waals surface area contributed by atoms with Gasteiger partial charge in [0.25, 0.3) is 47.3 Å². The summed E-state index contributed by atoms with van der Waals surface area (Å²) < 4.78 is 13.0. The molecule has 6 aliphatic rings. The van der Waals surface area contributed by atoms with E-state index in [2.05, 4.69) is 70.2 Å². The lowest BCUT2D eigenvalue weighted by Crippen LogP contribution is -2.53. The molecule has 4 aromatic carbocycles. The monoisotopic (exact) mass is 1300 g/mol. The largest absolute Gasteiger partial charge is 0.506 e. The molecule has 0 spiro atoms. The number of hydrogen-bond acceptors (Lipinski definition) is 11. The molecule has 0 aromatic heterocycles. The number of fused-ring (bicyclic) bond motifs is 18. The van der Waals surface area contributed by atoms with Crippen molar-refractivity contribution in [3.8, 4) is 17.2 Å². The van der Waals surface area contributed by atoms with Gasteiger partial charge in [-0.25, -0.2) is 0 Å². The fraction of sp³-hybridized carbons (Fsp3) is 0.500. The van der Waals surface area contributed by atoms with Crippen molar-refractivity contribution in [2.75, 3.05) is 13.2 Å². The molecule has 2 aliphatic heterocycles. The Morgan fingerprint density at radius 3 is 0.779 bits per heavy atom. The molecule has 19 heteroatoms. The number of phenols is 1. The third-order valence-corrected chi connectivity index (χ3v) is 21.1. The molecule has 10 rings (SSSR count). The van der Waals surface area contributed by atoms with Crippen molar-refractivity contribution in [1.29, 1.82) is 0 Å². The molecule has 0 radical (unpaired) electrons. The Kier molecular flexibility index (Phi) is 21.5. The number of amides is 8. The number of carbonyl (C=O) groups excluding carboxylic acids is 8. The molecular weight excluding hydrogens is 1200 g/mol. The van der Waals surface area contributed by atoms with Gasteiger partial charge in [-0.3, -0.25) is 38.4 Å². The molecule has 8 amide bonds. The van der Waals surface area contributed by atoms with Gasteiger partial charge in [0.2, 0.25) is 0 Å². The van der Waals surface area contributed by atoms with Gasteiger partial charge in [0.15, 0.2) is 0 Å². The summed E-state index contributed by atoms with van der Waals surface area (Å²) >= 11 is 0. The molecule has 4 aromatic rings. The first-order chi connectivity index (χ1) is 45.2. The zero-order chi connectivity index (χ0) is 68.3. The van der Waals surface area contributed by atoms with Crippen LogP contribution >= 0.6 is 0 Å². The first kappa shape index (κ1) is 69.1. The van der Waals surface area contributed by atoms with Gasteiger partial charge < -0.3 is 57.1 Å². The zero-order valence-corrected chi connectivity index (χ0v) is 57.0. The average Bonchev–Trinajstić information content (AvgIpc) is 0.815. The number of aromatic hydroxyl groups is 1. The Labute approximate surface area is 558 Å². The summed E-state index contributed by atoms with van der Waals surface area (Å²) in [6.07, 6.45) is 14.7. The lowest BCUT2D eigenvalue weighted by molar-refractivity contribution is 0.0816. The summed E-state index contributed by atoms with van der Waals surface area (Å²) in [6, 6.07) is 11.6. The van der Waals surface area contributed by atoms with Crippen molar-refractivity contribution in [1.82, 2.24) is 42.5 Å². The molecular formula is C76H96N8O11. The number of carbonyl (C=O) groups is 8. The number of rotatable bonds is 0. The van der Waals surface area contributed by atoms with Crippen LogP contribution in [0.5, 0.6) is 17.2 Å². The quantitative estimate of drug-likeness (QED) is 0.0799. The minimum Gasteiger partial charge on any atom is -0.506 e. The van der Waals surface area contributed by atoms with Crippen molar-refractivity contribution < 1.29 is 52.9 Å². The predicted octanol–water partition coefficient (Wildman–Crippen LogP) is 10.2. The second-order valence-corrected chi connectivity index (χ2v) is 28.9. The van der Waals surface area contributed by atoms with Gasteiger partial charge in [-0.05, 0) is 215 Å². The normalized spacial score (nSPS) is 31.6. The number of nitrogens with one attached hydrogen (secondary N) is 8. The zero-order valence-electron chi connectivity index (χ0n) is 57.0. The first-order valence-electron chi connectivity index (χ1n) is 34.1. The number of allylic oxidation sites excluding steroid dienone is 4. The van der Waals surface area contributed by atoms with E-state index in [1.54, 1.807) is 112 Å². The summed E-state index contributed by atoms with van der Waals surface area (Å²) in [7, 11) is 0. The maximum absolute atomic E-state index is 15.0. The molecule has 4 aliphatic carbocycles. The van der Waals surface area contributed by atoms with Gasteiger partial charge >= 0.3 is 0 Å². The highest BCUT2D eigenvalue weighted by molar-refractivity contribution is 6.07. The summed E-state index contributed by atoms with van der Waals surface area (Å²) in [4.78, 5) is 118. The van der Waals surface area contributed by atoms with E-state index in [0.717, 1.165) is 0 Å². The van der Waals surface area contributed by atoms with Crippen LogP contribution in [0.3, 0.4) is 0 Å². The van der Waals surface area contributed by atoms with E-state index in [9.17, 15) is 43.5 Å². The smallest absolute Gasteiger partial charge is 0.255 e. The summed E-state index contributed by atoms with van der Waals surface area (Å²) in [5, 5.41) is 37.8. The number of benzene rings is 4. The lowest BCUT2D eigenvalue weighted by Gasteiger charge is -2.40. The van der Waals surface area contributed by atoms with Crippen molar-refractivity contribution in [2.24, 2.45) is 47.3 Å². The van der Waals surface area contributed by atoms with E-state index in [1.807, 2.05) is 34.6 Å². The van der Waals surface area contributed by atoms with Crippen molar-refractivity contribution >= 4 is 47.3 Å². The van der Waals surface area contributed by atoms with Gasteiger partial charge in [0.05, 0.1) is 33.4 Å². The van der Waals surface area contributed by atoms with Crippen LogP contribution in [-0.2, 0) is 0 Å². The van der Waals surface area contributed by atoms with Crippen LogP contribution in [0.25, 0.3) is 0 Å². The van der Waals surface area contributed by atoms with E-state index >= 15 is 0 Å². The van der Waals surface area contributed by atoms with E-state index < -0.39 is 77.4 Å². The van der Waals surface area contributed by atoms with Crippen LogP contribution in [0.4, 0.5) is 0 Å². The van der Waals surface area contributed by atoms with E-state index in [1.165, 1.54) is 0 Å². The standard InChI is InChI=1S/C76H96N8O11/c1-38-21-50-33-51(22-38)70(87)78-59-35-63(47(10)30-43(59)6)82-74(91)55-26-41(4)28-57-68(55)95-20-18-16-14-13-15-17-19-94-67-54(73(90)81-62-34-58(77-69(50)86)42(5)29-46(62)9)25-40(3)27-56(67)75(92)83-64-36-60(44(7)31-48(64)11)79-71(88)52-23-39(2)24-53(66(52)85)72(89)80-61-37-65(84-76(57)93)49(12)32-45(61)8/h13-18,21-28,33,42-49,58-65,85H,19-20,29-32,34-37H2,1-12H3,(H,77,86)(H,78,87)(H,79,88)(H,80,89)(H,81,90)(H,82,91)(H,83,92)(H,84,93)/b14-13+,17-15+,18-16+. The molecule has 2 heterocycles. The SMILES string of the molecule is Cc1cc2cc(c1)C(=O)NC1CC(NC(=O)c3cc(C)cc4c3OC/C=C/C=C/C=C/COc3c(cc(C)cc3C(=O)NC3CC(NC(=O)c5cc(C)cc(c5O)C(=O)NC5CC(NC4=O)C(C)CC5C)C(C)CC3C)C(=O)NC3CC(NC2=O)C(C)CC3C)C(C)CC1C. The van der Waals surface area contributed by atoms with E-state index in [4.69, 9.17) is 9.47 Å². The Morgan fingerprint density at radius 2 is 0.516 bits per heavy atom. The predicted molar refractivity (Wildman–Crippen MR) is 365 cm³/mol. The second-order valence-electron chi connectivity index (χ2n) is 28.9. The van der Waals surface area contributed by atoms with Crippen molar-refractivity contribution in [3.05, 3.63) is 158 Å². The van der Waals surface area contributed by atoms with Crippen LogP contribution < -0.4 is 52.0 Å². The second kappa shape index (κ2) is 29.5. The maximum Gasteiger partial charge on any atom is 0.255 e. The lowest BCUT2D eigenvalue weighted by atomic mass is 9.76. The third kappa shape index (κ3) is 16.0. The van der Waals surface area contributed by atoms with Crippen LogP contribution in [-0.4, -0.2) is 114 Å². The van der Waals surface area contributed by atoms with E-state index in [-0.39, 0.29) is 129 Å². The highest BCUT2D eigenvalue weighted by Gasteiger charge is 2.41. The van der Waals surface area contributed by atoms with Crippen LogP contribution in [0, 0.1) is 75.0 Å². The number of hydrogen-bond donors (Lipinski definition) is 9. The van der Waals surface area contributed by atoms with Gasteiger partial charge in [-0.1, -0.05) is 79.7 Å². The highest BCUT2D eigenvalue weighted by atomic mass is 16.5. The third-order valence-electron chi connectivity index (χ3n) is 21.1. The molecule has 95 heavy (non-hydrogen) atoms. The number of aryl methyl sites for hydroxylation is 4. The van der Waals surface area contributed by atoms with Gasteiger partial charge in [-0.15, -0.1) is 0 Å². The molecule has 19 nitrogen and oxygen atoms in total. The minimum absolute atomic E-state index is 0.00383.